The smallest absolute Gasteiger partial charge is 0.261 e. The predicted octanol–water partition coefficient (Wildman–Crippen LogP) is -0.461. The van der Waals surface area contributed by atoms with Gasteiger partial charge >= 0.3 is 0 Å². The molecule has 1 saturated carbocycles. The van der Waals surface area contributed by atoms with Crippen LogP contribution in [0.25, 0.3) is 0 Å². The Morgan fingerprint density at radius 1 is 0.842 bits per heavy atom. The van der Waals surface area contributed by atoms with E-state index in [-0.39, 0.29) is 18.6 Å². The third kappa shape index (κ3) is 20.2. The van der Waals surface area contributed by atoms with Gasteiger partial charge in [0.2, 0.25) is 0 Å². The Morgan fingerprint density at radius 3 is 1.16 bits per heavy atom. The summed E-state index contributed by atoms with van der Waals surface area (Å²) in [7, 11) is -7.33. The summed E-state index contributed by atoms with van der Waals surface area (Å²) in [5.74, 6) is 0. The van der Waals surface area contributed by atoms with E-state index in [4.69, 9.17) is 19.3 Å². The zero-order chi connectivity index (χ0) is 15.7. The van der Waals surface area contributed by atoms with Gasteiger partial charge < -0.3 is 10.2 Å². The van der Waals surface area contributed by atoms with Crippen molar-refractivity contribution in [1.29, 1.82) is 0 Å². The van der Waals surface area contributed by atoms with Gasteiger partial charge in [0.05, 0.1) is 25.7 Å². The first-order valence-electron chi connectivity index (χ1n) is 5.39. The molecule has 19 heavy (non-hydrogen) atoms. The topological polar surface area (TPSA) is 149 Å². The molecule has 0 amide bonds. The number of aliphatic hydroxyl groups is 2. The maximum absolute atomic E-state index is 9.19. The van der Waals surface area contributed by atoms with Gasteiger partial charge in [-0.25, -0.2) is 0 Å². The molecule has 118 valence electrons. The highest BCUT2D eigenvalue weighted by molar-refractivity contribution is 7.85. The first-order valence-corrected chi connectivity index (χ1v) is 9.09. The highest BCUT2D eigenvalue weighted by Crippen LogP contribution is 2.36. The Kier molecular flexibility index (Phi) is 9.77. The second kappa shape index (κ2) is 8.82. The van der Waals surface area contributed by atoms with Gasteiger partial charge in [-0.2, -0.15) is 16.8 Å². The molecule has 1 aliphatic rings. The quantitative estimate of drug-likeness (QED) is 0.499. The van der Waals surface area contributed by atoms with Gasteiger partial charge in [0.25, 0.3) is 20.2 Å². The molecule has 0 heterocycles. The molecular weight excluding hydrogens is 300 g/mol. The molecule has 1 aliphatic carbocycles. The van der Waals surface area contributed by atoms with Crippen molar-refractivity contribution in [3.8, 4) is 0 Å². The molecule has 0 aliphatic heterocycles. The summed E-state index contributed by atoms with van der Waals surface area (Å²) in [6.07, 6.45) is 5.77. The Balaban J connectivity index is 0. The van der Waals surface area contributed by atoms with Crippen molar-refractivity contribution in [1.82, 2.24) is 0 Å². The lowest BCUT2D eigenvalue weighted by atomic mass is 9.89. The molecule has 1 rings (SSSR count). The molecule has 0 unspecified atom stereocenters. The number of hydrogen-bond acceptors (Lipinski definition) is 6. The minimum Gasteiger partial charge on any atom is -0.396 e. The SMILES string of the molecule is CS(=O)(=O)O.CS(=O)(=O)O.OCC1(CO)CCCC1. The summed E-state index contributed by atoms with van der Waals surface area (Å²) in [5.41, 5.74) is -0.111. The molecule has 0 aromatic carbocycles. The molecule has 0 bridgehead atoms. The third-order valence-corrected chi connectivity index (χ3v) is 2.34. The molecular formula is C9H22O8S2. The average Bonchev–Trinajstić information content (AvgIpc) is 2.61. The molecule has 0 saturated heterocycles. The van der Waals surface area contributed by atoms with Crippen LogP contribution in [0.5, 0.6) is 0 Å². The fourth-order valence-electron chi connectivity index (χ4n) is 1.49. The van der Waals surface area contributed by atoms with Crippen molar-refractivity contribution >= 4 is 20.2 Å². The molecule has 0 aromatic rings. The monoisotopic (exact) mass is 322 g/mol. The Bertz CT molecular complexity index is 367. The van der Waals surface area contributed by atoms with E-state index in [2.05, 4.69) is 0 Å². The van der Waals surface area contributed by atoms with Crippen molar-refractivity contribution in [3.63, 3.8) is 0 Å². The zero-order valence-electron chi connectivity index (χ0n) is 11.0. The van der Waals surface area contributed by atoms with E-state index >= 15 is 0 Å². The van der Waals surface area contributed by atoms with E-state index in [0.717, 1.165) is 12.8 Å². The fourth-order valence-corrected chi connectivity index (χ4v) is 1.49. The minimum atomic E-state index is -3.67. The summed E-state index contributed by atoms with van der Waals surface area (Å²) >= 11 is 0. The van der Waals surface area contributed by atoms with Crippen LogP contribution < -0.4 is 0 Å². The molecule has 10 heteroatoms. The largest absolute Gasteiger partial charge is 0.396 e. The van der Waals surface area contributed by atoms with Crippen LogP contribution in [0.4, 0.5) is 0 Å². The van der Waals surface area contributed by atoms with E-state index < -0.39 is 20.2 Å². The highest BCUT2D eigenvalue weighted by atomic mass is 32.2. The summed E-state index contributed by atoms with van der Waals surface area (Å²) in [4.78, 5) is 0. The van der Waals surface area contributed by atoms with Crippen LogP contribution in [0.1, 0.15) is 25.7 Å². The minimum absolute atomic E-state index is 0.111. The molecule has 8 nitrogen and oxygen atoms in total. The van der Waals surface area contributed by atoms with Gasteiger partial charge in [-0.05, 0) is 12.8 Å². The Morgan fingerprint density at radius 2 is 1.05 bits per heavy atom. The van der Waals surface area contributed by atoms with Crippen molar-refractivity contribution in [3.05, 3.63) is 0 Å². The van der Waals surface area contributed by atoms with Crippen molar-refractivity contribution in [2.45, 2.75) is 25.7 Å². The zero-order valence-corrected chi connectivity index (χ0v) is 12.6. The van der Waals surface area contributed by atoms with Crippen LogP contribution >= 0.6 is 0 Å². The van der Waals surface area contributed by atoms with Crippen LogP contribution in [-0.4, -0.2) is 61.9 Å². The van der Waals surface area contributed by atoms with E-state index in [1.54, 1.807) is 0 Å². The molecule has 0 spiro atoms. The molecule has 0 aromatic heterocycles. The van der Waals surface area contributed by atoms with E-state index in [9.17, 15) is 16.8 Å². The van der Waals surface area contributed by atoms with E-state index in [1.165, 1.54) is 12.8 Å². The van der Waals surface area contributed by atoms with Crippen LogP contribution in [0.3, 0.4) is 0 Å². The average molecular weight is 322 g/mol. The number of hydrogen-bond donors (Lipinski definition) is 4. The van der Waals surface area contributed by atoms with Crippen molar-refractivity contribution in [2.24, 2.45) is 5.41 Å². The van der Waals surface area contributed by atoms with Gasteiger partial charge in [0.15, 0.2) is 0 Å². The van der Waals surface area contributed by atoms with Gasteiger partial charge in [0.1, 0.15) is 0 Å². The lowest BCUT2D eigenvalue weighted by molar-refractivity contribution is 0.0606. The first kappa shape index (κ1) is 21.0. The Labute approximate surface area is 114 Å². The van der Waals surface area contributed by atoms with Crippen LogP contribution in [0, 0.1) is 5.41 Å². The van der Waals surface area contributed by atoms with Crippen molar-refractivity contribution < 1.29 is 36.2 Å². The van der Waals surface area contributed by atoms with Gasteiger partial charge in [-0.1, -0.05) is 12.8 Å². The summed E-state index contributed by atoms with van der Waals surface area (Å²) in [6, 6.07) is 0. The molecule has 0 radical (unpaired) electrons. The standard InChI is InChI=1S/C7H14O2.2CH4O3S/c8-5-7(6-9)3-1-2-4-7;2*1-5(2,3)4/h8-9H,1-6H2;2*1H3,(H,2,3,4). The first-order chi connectivity index (χ1) is 8.33. The van der Waals surface area contributed by atoms with E-state index in [1.807, 2.05) is 0 Å². The Hall–Kier alpha value is -0.260. The normalized spacial score (nSPS) is 17.8. The summed E-state index contributed by atoms with van der Waals surface area (Å²) in [6.45, 7) is 0.312. The second-order valence-corrected chi connectivity index (χ2v) is 7.42. The van der Waals surface area contributed by atoms with Crippen LogP contribution in [0.15, 0.2) is 0 Å². The lowest BCUT2D eigenvalue weighted by Gasteiger charge is -2.22. The maximum Gasteiger partial charge on any atom is 0.261 e. The van der Waals surface area contributed by atoms with Crippen LogP contribution in [-0.2, 0) is 20.2 Å². The highest BCUT2D eigenvalue weighted by Gasteiger charge is 2.31. The van der Waals surface area contributed by atoms with Gasteiger partial charge in [-0.3, -0.25) is 9.11 Å². The predicted molar refractivity (Wildman–Crippen MR) is 70.0 cm³/mol. The second-order valence-electron chi connectivity index (χ2n) is 4.49. The van der Waals surface area contributed by atoms with E-state index in [0.29, 0.717) is 12.5 Å². The lowest BCUT2D eigenvalue weighted by Crippen LogP contribution is -2.25. The van der Waals surface area contributed by atoms with Crippen LogP contribution in [0.2, 0.25) is 0 Å². The number of aliphatic hydroxyl groups excluding tert-OH is 2. The van der Waals surface area contributed by atoms with Gasteiger partial charge in [-0.15, -0.1) is 0 Å². The number of rotatable bonds is 2. The fraction of sp³-hybridized carbons (Fsp3) is 1.00. The van der Waals surface area contributed by atoms with Crippen molar-refractivity contribution in [2.75, 3.05) is 25.7 Å². The molecule has 4 N–H and O–H groups in total. The summed E-state index contributed by atoms with van der Waals surface area (Å²) < 4.78 is 51.7. The molecule has 0 atom stereocenters. The maximum atomic E-state index is 9.19. The van der Waals surface area contributed by atoms with Gasteiger partial charge in [0, 0.05) is 5.41 Å². The summed E-state index contributed by atoms with van der Waals surface area (Å²) in [5, 5.41) is 17.7. The molecule has 1 fully saturated rings. The third-order valence-electron chi connectivity index (χ3n) is 2.34.